The number of benzene rings is 2. The number of ether oxygens (including phenoxy) is 2. The standard InChI is InChI=1S/C18H20O2.C12H22N2O2.2C2H6/c1-4-14(3)17-11-16(9-10-18(17)20-12-19)15-7-5-13(2)6-8-15;1-3-5-6-7-10-16-11(4-2)12(15)14-9-8-13;2*1-2/h5-12,14H,4H2,1-3H3;11H,3-7,9-10H2,1-2H3,(H,14,15);2*1-2H3/t;11-;;/m.0../s1. The van der Waals surface area contributed by atoms with Crippen LogP contribution in [0.3, 0.4) is 0 Å². The first-order valence-electron chi connectivity index (χ1n) is 15.0. The summed E-state index contributed by atoms with van der Waals surface area (Å²) in [6, 6.07) is 16.3. The number of nitrogens with zero attached hydrogens (tertiary/aromatic N) is 1. The van der Waals surface area contributed by atoms with Gasteiger partial charge in [0, 0.05) is 6.61 Å². The fraction of sp³-hybridized carbons (Fsp3) is 0.559. The first kappa shape index (κ1) is 39.0. The maximum atomic E-state index is 11.5. The van der Waals surface area contributed by atoms with E-state index in [0.29, 0.717) is 31.2 Å². The third-order valence-corrected chi connectivity index (χ3v) is 6.03. The van der Waals surface area contributed by atoms with Crippen LogP contribution in [0.5, 0.6) is 5.75 Å². The van der Waals surface area contributed by atoms with E-state index in [2.05, 4.69) is 63.3 Å². The van der Waals surface area contributed by atoms with Crippen molar-refractivity contribution in [2.45, 2.75) is 113 Å². The summed E-state index contributed by atoms with van der Waals surface area (Å²) in [5.74, 6) is 0.833. The van der Waals surface area contributed by atoms with Crippen LogP contribution in [0.25, 0.3) is 11.1 Å². The van der Waals surface area contributed by atoms with Crippen molar-refractivity contribution >= 4 is 12.4 Å². The Morgan fingerprint density at radius 3 is 2.10 bits per heavy atom. The van der Waals surface area contributed by atoms with Crippen molar-refractivity contribution in [3.8, 4) is 22.9 Å². The Balaban J connectivity index is 0. The molecule has 1 unspecified atom stereocenters. The minimum absolute atomic E-state index is 0.0501. The molecule has 6 nitrogen and oxygen atoms in total. The van der Waals surface area contributed by atoms with Crippen molar-refractivity contribution < 1.29 is 19.1 Å². The summed E-state index contributed by atoms with van der Waals surface area (Å²) in [4.78, 5) is 22.1. The molecule has 0 spiro atoms. The highest BCUT2D eigenvalue weighted by molar-refractivity contribution is 5.80. The topological polar surface area (TPSA) is 88.4 Å². The van der Waals surface area contributed by atoms with Crippen molar-refractivity contribution in [3.63, 3.8) is 0 Å². The molecule has 6 heteroatoms. The van der Waals surface area contributed by atoms with Crippen LogP contribution in [0.4, 0.5) is 0 Å². The Morgan fingerprint density at radius 1 is 0.950 bits per heavy atom. The minimum Gasteiger partial charge on any atom is -0.428 e. The number of unbranched alkanes of at least 4 members (excludes halogenated alkanes) is 3. The predicted octanol–water partition coefficient (Wildman–Crippen LogP) is 8.76. The maximum Gasteiger partial charge on any atom is 0.298 e. The van der Waals surface area contributed by atoms with Crippen LogP contribution in [0.1, 0.15) is 111 Å². The molecule has 2 aromatic carbocycles. The first-order chi connectivity index (χ1) is 19.4. The second-order valence-electron chi connectivity index (χ2n) is 8.85. The molecular formula is C34H54N2O4. The van der Waals surface area contributed by atoms with Gasteiger partial charge in [-0.1, -0.05) is 111 Å². The molecule has 0 heterocycles. The predicted molar refractivity (Wildman–Crippen MR) is 168 cm³/mol. The Morgan fingerprint density at radius 2 is 1.57 bits per heavy atom. The highest BCUT2D eigenvalue weighted by Crippen LogP contribution is 2.33. The van der Waals surface area contributed by atoms with Gasteiger partial charge in [0.1, 0.15) is 18.4 Å². The van der Waals surface area contributed by atoms with Gasteiger partial charge in [-0.05, 0) is 60.9 Å². The van der Waals surface area contributed by atoms with Gasteiger partial charge in [0.25, 0.3) is 6.47 Å². The van der Waals surface area contributed by atoms with Crippen LogP contribution in [-0.2, 0) is 14.3 Å². The zero-order valence-electron chi connectivity index (χ0n) is 26.5. The lowest BCUT2D eigenvalue weighted by Crippen LogP contribution is -2.36. The minimum atomic E-state index is -0.407. The van der Waals surface area contributed by atoms with Crippen LogP contribution in [0, 0.1) is 18.3 Å². The highest BCUT2D eigenvalue weighted by Gasteiger charge is 2.16. The van der Waals surface area contributed by atoms with E-state index in [-0.39, 0.29) is 12.5 Å². The largest absolute Gasteiger partial charge is 0.428 e. The highest BCUT2D eigenvalue weighted by atomic mass is 16.5. The van der Waals surface area contributed by atoms with Crippen LogP contribution < -0.4 is 10.1 Å². The fourth-order valence-electron chi connectivity index (χ4n) is 3.61. The molecule has 1 N–H and O–H groups in total. The molecule has 1 amide bonds. The molecule has 0 aromatic heterocycles. The van der Waals surface area contributed by atoms with E-state index >= 15 is 0 Å². The summed E-state index contributed by atoms with van der Waals surface area (Å²) in [5.41, 5.74) is 4.66. The molecule has 0 aliphatic carbocycles. The van der Waals surface area contributed by atoms with Gasteiger partial charge in [-0.3, -0.25) is 9.59 Å². The molecule has 0 bridgehead atoms. The summed E-state index contributed by atoms with van der Waals surface area (Å²) in [6.45, 7) is 19.6. The van der Waals surface area contributed by atoms with E-state index < -0.39 is 6.10 Å². The van der Waals surface area contributed by atoms with E-state index in [1.807, 2.05) is 52.8 Å². The molecule has 0 radical (unpaired) electrons. The van der Waals surface area contributed by atoms with Gasteiger partial charge in [0.15, 0.2) is 0 Å². The lowest BCUT2D eigenvalue weighted by Gasteiger charge is -2.15. The summed E-state index contributed by atoms with van der Waals surface area (Å²) in [6.07, 6.45) is 5.79. The van der Waals surface area contributed by atoms with Crippen molar-refractivity contribution in [1.29, 1.82) is 5.26 Å². The Labute approximate surface area is 244 Å². The number of carbonyl (C=O) groups excluding carboxylic acids is 2. The molecule has 2 rings (SSSR count). The zero-order chi connectivity index (χ0) is 30.8. The van der Waals surface area contributed by atoms with E-state index in [0.717, 1.165) is 30.4 Å². The number of hydrogen-bond acceptors (Lipinski definition) is 5. The fourth-order valence-corrected chi connectivity index (χ4v) is 3.61. The zero-order valence-corrected chi connectivity index (χ0v) is 26.5. The van der Waals surface area contributed by atoms with Crippen molar-refractivity contribution in [3.05, 3.63) is 53.6 Å². The van der Waals surface area contributed by atoms with E-state index in [1.54, 1.807) is 0 Å². The molecule has 2 atom stereocenters. The van der Waals surface area contributed by atoms with Gasteiger partial charge >= 0.3 is 0 Å². The lowest BCUT2D eigenvalue weighted by atomic mass is 9.93. The number of carbonyl (C=O) groups is 2. The quantitative estimate of drug-likeness (QED) is 0.143. The smallest absolute Gasteiger partial charge is 0.298 e. The number of nitriles is 1. The second-order valence-corrected chi connectivity index (χ2v) is 8.85. The normalized spacial score (nSPS) is 11.0. The second kappa shape index (κ2) is 26.1. The van der Waals surface area contributed by atoms with Crippen LogP contribution in [0.2, 0.25) is 0 Å². The summed E-state index contributed by atoms with van der Waals surface area (Å²) in [5, 5.41) is 10.8. The van der Waals surface area contributed by atoms with E-state index in [4.69, 9.17) is 14.7 Å². The first-order valence-corrected chi connectivity index (χ1v) is 15.0. The van der Waals surface area contributed by atoms with Gasteiger partial charge in [-0.15, -0.1) is 0 Å². The Kier molecular flexibility index (Phi) is 25.4. The molecule has 0 aliphatic heterocycles. The molecule has 2 aromatic rings. The Hall–Kier alpha value is -3.17. The summed E-state index contributed by atoms with van der Waals surface area (Å²) in [7, 11) is 0. The van der Waals surface area contributed by atoms with E-state index in [1.165, 1.54) is 24.0 Å². The number of rotatable bonds is 14. The van der Waals surface area contributed by atoms with Crippen molar-refractivity contribution in [2.75, 3.05) is 13.2 Å². The molecule has 40 heavy (non-hydrogen) atoms. The molecule has 0 saturated heterocycles. The third-order valence-electron chi connectivity index (χ3n) is 6.03. The van der Waals surface area contributed by atoms with Crippen molar-refractivity contribution in [2.24, 2.45) is 0 Å². The molecule has 224 valence electrons. The number of aryl methyl sites for hydroxylation is 1. The van der Waals surface area contributed by atoms with Gasteiger partial charge < -0.3 is 14.8 Å². The van der Waals surface area contributed by atoms with Crippen LogP contribution >= 0.6 is 0 Å². The Bertz CT molecular complexity index is 951. The number of hydrogen-bond donors (Lipinski definition) is 1. The van der Waals surface area contributed by atoms with Gasteiger partial charge in [-0.25, -0.2) is 0 Å². The maximum absolute atomic E-state index is 11.5. The number of nitrogens with one attached hydrogen (secondary N) is 1. The SMILES string of the molecule is CC.CC.CCC(C)c1cc(-c2ccc(C)cc2)ccc1OC=O.CCCCCCO[C@@H](CC)C(=O)NCC#N. The number of amides is 1. The van der Waals surface area contributed by atoms with Gasteiger partial charge in [-0.2, -0.15) is 5.26 Å². The average molecular weight is 555 g/mol. The molecule has 0 fully saturated rings. The molecule has 0 saturated carbocycles. The monoisotopic (exact) mass is 554 g/mol. The van der Waals surface area contributed by atoms with Crippen LogP contribution in [-0.4, -0.2) is 31.6 Å². The van der Waals surface area contributed by atoms with Crippen molar-refractivity contribution in [1.82, 2.24) is 5.32 Å². The van der Waals surface area contributed by atoms with Gasteiger partial charge in [0.2, 0.25) is 5.91 Å². The summed E-state index contributed by atoms with van der Waals surface area (Å²) >= 11 is 0. The molecule has 0 aliphatic rings. The molecular weight excluding hydrogens is 500 g/mol. The van der Waals surface area contributed by atoms with E-state index in [9.17, 15) is 9.59 Å². The average Bonchev–Trinajstić information content (AvgIpc) is 3.00. The third kappa shape index (κ3) is 16.1. The van der Waals surface area contributed by atoms with Gasteiger partial charge in [0.05, 0.1) is 6.07 Å². The lowest BCUT2D eigenvalue weighted by molar-refractivity contribution is -0.132. The summed E-state index contributed by atoms with van der Waals surface area (Å²) < 4.78 is 10.6. The van der Waals surface area contributed by atoms with Crippen LogP contribution in [0.15, 0.2) is 42.5 Å².